The zero-order valence-corrected chi connectivity index (χ0v) is 10.1. The van der Waals surface area contributed by atoms with Gasteiger partial charge >= 0.3 is 0 Å². The largest absolute Gasteiger partial charge is 0.319 e. The van der Waals surface area contributed by atoms with Crippen LogP contribution >= 0.6 is 0 Å². The molecule has 4 heteroatoms. The Morgan fingerprint density at radius 3 is 2.94 bits per heavy atom. The van der Waals surface area contributed by atoms with Gasteiger partial charge in [0.05, 0.1) is 0 Å². The average molecular weight is 218 g/mol. The highest BCUT2D eigenvalue weighted by Gasteiger charge is 2.14. The molecule has 16 heavy (non-hydrogen) atoms. The summed E-state index contributed by atoms with van der Waals surface area (Å²) in [6.45, 7) is 5.15. The second-order valence-corrected chi connectivity index (χ2v) is 4.09. The molecule has 4 nitrogen and oxygen atoms in total. The summed E-state index contributed by atoms with van der Waals surface area (Å²) in [5, 5.41) is 7.72. The third-order valence-corrected chi connectivity index (χ3v) is 2.88. The van der Waals surface area contributed by atoms with Gasteiger partial charge in [-0.15, -0.1) is 0 Å². The van der Waals surface area contributed by atoms with Crippen molar-refractivity contribution in [2.24, 2.45) is 0 Å². The fourth-order valence-corrected chi connectivity index (χ4v) is 1.89. The normalized spacial score (nSPS) is 13.2. The van der Waals surface area contributed by atoms with Crippen LogP contribution in [-0.2, 0) is 0 Å². The predicted octanol–water partition coefficient (Wildman–Crippen LogP) is 1.75. The molecule has 0 radical (unpaired) electrons. The van der Waals surface area contributed by atoms with Gasteiger partial charge in [0.2, 0.25) is 0 Å². The number of aryl methyl sites for hydroxylation is 1. The zero-order valence-electron chi connectivity index (χ0n) is 10.1. The van der Waals surface area contributed by atoms with Crippen LogP contribution in [0.2, 0.25) is 0 Å². The third-order valence-electron chi connectivity index (χ3n) is 2.88. The standard InChI is InChI=1S/C12H18N4/c1-4-10(8-13-3)11-14-12-9(2)6-5-7-16(12)15-11/h5-7,10,13H,4,8H2,1-3H3. The van der Waals surface area contributed by atoms with Gasteiger partial charge < -0.3 is 5.32 Å². The molecule has 1 atom stereocenters. The van der Waals surface area contributed by atoms with Crippen molar-refractivity contribution in [2.45, 2.75) is 26.2 Å². The van der Waals surface area contributed by atoms with Crippen molar-refractivity contribution in [3.05, 3.63) is 29.7 Å². The first-order chi connectivity index (χ1) is 7.76. The molecule has 0 saturated heterocycles. The number of fused-ring (bicyclic) bond motifs is 1. The number of pyridine rings is 1. The van der Waals surface area contributed by atoms with Crippen molar-refractivity contribution in [3.8, 4) is 0 Å². The molecule has 1 N–H and O–H groups in total. The number of likely N-dealkylation sites (N-methyl/N-ethyl adjacent to an activating group) is 1. The van der Waals surface area contributed by atoms with E-state index in [0.717, 1.165) is 24.4 Å². The topological polar surface area (TPSA) is 42.2 Å². The first kappa shape index (κ1) is 11.1. The molecule has 2 aromatic rings. The number of nitrogens with zero attached hydrogens (tertiary/aromatic N) is 3. The molecule has 1 unspecified atom stereocenters. The summed E-state index contributed by atoms with van der Waals surface area (Å²) in [6, 6.07) is 4.06. The molecule has 86 valence electrons. The van der Waals surface area contributed by atoms with Crippen molar-refractivity contribution < 1.29 is 0 Å². The quantitative estimate of drug-likeness (QED) is 0.850. The van der Waals surface area contributed by atoms with E-state index in [0.29, 0.717) is 5.92 Å². The Balaban J connectivity index is 2.42. The van der Waals surface area contributed by atoms with Gasteiger partial charge in [0.25, 0.3) is 0 Å². The van der Waals surface area contributed by atoms with Gasteiger partial charge in [0.1, 0.15) is 0 Å². The van der Waals surface area contributed by atoms with Gasteiger partial charge in [0, 0.05) is 18.7 Å². The summed E-state index contributed by atoms with van der Waals surface area (Å²) < 4.78 is 1.86. The molecule has 0 bridgehead atoms. The Bertz CT molecular complexity index is 475. The number of aromatic nitrogens is 3. The van der Waals surface area contributed by atoms with E-state index in [1.165, 1.54) is 5.56 Å². The van der Waals surface area contributed by atoms with Crippen LogP contribution in [0.25, 0.3) is 5.65 Å². The van der Waals surface area contributed by atoms with E-state index in [1.807, 2.05) is 23.8 Å². The summed E-state index contributed by atoms with van der Waals surface area (Å²) in [7, 11) is 1.96. The summed E-state index contributed by atoms with van der Waals surface area (Å²) >= 11 is 0. The Morgan fingerprint density at radius 1 is 1.50 bits per heavy atom. The molecule has 0 spiro atoms. The van der Waals surface area contributed by atoms with E-state index in [9.17, 15) is 0 Å². The molecule has 0 aliphatic carbocycles. The summed E-state index contributed by atoms with van der Waals surface area (Å²) in [5.74, 6) is 1.33. The highest BCUT2D eigenvalue weighted by molar-refractivity contribution is 5.45. The molecule has 2 heterocycles. The Morgan fingerprint density at radius 2 is 2.31 bits per heavy atom. The van der Waals surface area contributed by atoms with Crippen molar-refractivity contribution in [3.63, 3.8) is 0 Å². The number of rotatable bonds is 4. The molecule has 0 saturated carbocycles. The minimum atomic E-state index is 0.393. The molecular formula is C12H18N4. The molecular weight excluding hydrogens is 200 g/mol. The summed E-state index contributed by atoms with van der Waals surface area (Å²) in [6.07, 6.45) is 3.00. The minimum Gasteiger partial charge on any atom is -0.319 e. The number of hydrogen-bond acceptors (Lipinski definition) is 3. The van der Waals surface area contributed by atoms with E-state index < -0.39 is 0 Å². The SMILES string of the molecule is CCC(CNC)c1nc2c(C)cccn2n1. The maximum atomic E-state index is 4.61. The highest BCUT2D eigenvalue weighted by Crippen LogP contribution is 2.17. The van der Waals surface area contributed by atoms with Crippen molar-refractivity contribution in [1.82, 2.24) is 19.9 Å². The van der Waals surface area contributed by atoms with Crippen LogP contribution in [0.5, 0.6) is 0 Å². The van der Waals surface area contributed by atoms with Gasteiger partial charge in [-0.1, -0.05) is 13.0 Å². The van der Waals surface area contributed by atoms with Crippen LogP contribution < -0.4 is 5.32 Å². The summed E-state index contributed by atoms with van der Waals surface area (Å²) in [4.78, 5) is 4.61. The molecule has 0 amide bonds. The van der Waals surface area contributed by atoms with Crippen molar-refractivity contribution >= 4 is 5.65 Å². The second kappa shape index (κ2) is 4.61. The third kappa shape index (κ3) is 1.93. The van der Waals surface area contributed by atoms with Crippen molar-refractivity contribution in [1.29, 1.82) is 0 Å². The van der Waals surface area contributed by atoms with E-state index >= 15 is 0 Å². The lowest BCUT2D eigenvalue weighted by molar-refractivity contribution is 0.580. The first-order valence-corrected chi connectivity index (χ1v) is 5.72. The van der Waals surface area contributed by atoms with Gasteiger partial charge in [-0.2, -0.15) is 5.10 Å². The Labute approximate surface area is 95.7 Å². The molecule has 0 aromatic carbocycles. The van der Waals surface area contributed by atoms with Crippen LogP contribution in [0.15, 0.2) is 18.3 Å². The Kier molecular flexibility index (Phi) is 3.19. The molecule has 2 rings (SSSR count). The monoisotopic (exact) mass is 218 g/mol. The lowest BCUT2D eigenvalue weighted by atomic mass is 10.1. The fourth-order valence-electron chi connectivity index (χ4n) is 1.89. The van der Waals surface area contributed by atoms with E-state index in [-0.39, 0.29) is 0 Å². The lowest BCUT2D eigenvalue weighted by Crippen LogP contribution is -2.17. The summed E-state index contributed by atoms with van der Waals surface area (Å²) in [5.41, 5.74) is 2.13. The molecule has 0 aliphatic heterocycles. The van der Waals surface area contributed by atoms with Gasteiger partial charge in [-0.3, -0.25) is 0 Å². The van der Waals surface area contributed by atoms with Gasteiger partial charge in [0.15, 0.2) is 11.5 Å². The van der Waals surface area contributed by atoms with E-state index in [1.54, 1.807) is 0 Å². The van der Waals surface area contributed by atoms with Crippen LogP contribution in [0.1, 0.15) is 30.7 Å². The first-order valence-electron chi connectivity index (χ1n) is 5.72. The predicted molar refractivity (Wildman–Crippen MR) is 64.7 cm³/mol. The van der Waals surface area contributed by atoms with Crippen molar-refractivity contribution in [2.75, 3.05) is 13.6 Å². The van der Waals surface area contributed by atoms with E-state index in [2.05, 4.69) is 35.3 Å². The molecule has 2 aromatic heterocycles. The molecule has 0 aliphatic rings. The van der Waals surface area contributed by atoms with Gasteiger partial charge in [-0.05, 0) is 32.0 Å². The molecule has 0 fully saturated rings. The maximum Gasteiger partial charge on any atom is 0.158 e. The average Bonchev–Trinajstić information content (AvgIpc) is 2.71. The zero-order chi connectivity index (χ0) is 11.5. The number of hydrogen-bond donors (Lipinski definition) is 1. The second-order valence-electron chi connectivity index (χ2n) is 4.09. The highest BCUT2D eigenvalue weighted by atomic mass is 15.3. The lowest BCUT2D eigenvalue weighted by Gasteiger charge is -2.08. The minimum absolute atomic E-state index is 0.393. The maximum absolute atomic E-state index is 4.61. The van der Waals surface area contributed by atoms with Crippen LogP contribution in [0, 0.1) is 6.92 Å². The number of nitrogens with one attached hydrogen (secondary N) is 1. The smallest absolute Gasteiger partial charge is 0.158 e. The van der Waals surface area contributed by atoms with E-state index in [4.69, 9.17) is 0 Å². The van der Waals surface area contributed by atoms with Crippen LogP contribution in [-0.4, -0.2) is 28.2 Å². The van der Waals surface area contributed by atoms with Gasteiger partial charge in [-0.25, -0.2) is 9.50 Å². The fraction of sp³-hybridized carbons (Fsp3) is 0.500. The van der Waals surface area contributed by atoms with Crippen LogP contribution in [0.3, 0.4) is 0 Å². The Hall–Kier alpha value is -1.42. The van der Waals surface area contributed by atoms with Crippen LogP contribution in [0.4, 0.5) is 0 Å².